The zero-order valence-electron chi connectivity index (χ0n) is 20.6. The van der Waals surface area contributed by atoms with E-state index in [-0.39, 0.29) is 22.8 Å². The molecule has 10 heteroatoms. The number of aromatic nitrogens is 1. The Bertz CT molecular complexity index is 1340. The number of anilines is 2. The van der Waals surface area contributed by atoms with Gasteiger partial charge in [0, 0.05) is 45.3 Å². The van der Waals surface area contributed by atoms with E-state index in [9.17, 15) is 19.2 Å². The van der Waals surface area contributed by atoms with Crippen molar-refractivity contribution >= 4 is 51.8 Å². The lowest BCUT2D eigenvalue weighted by atomic mass is 10.0. The van der Waals surface area contributed by atoms with E-state index in [4.69, 9.17) is 12.2 Å². The predicted molar refractivity (Wildman–Crippen MR) is 147 cm³/mol. The summed E-state index contributed by atoms with van der Waals surface area (Å²) in [5, 5.41) is 9.69. The fourth-order valence-corrected chi connectivity index (χ4v) is 5.89. The molecule has 1 amide bonds. The second-order valence-electron chi connectivity index (χ2n) is 8.83. The number of thioether (sulfide) groups is 1. The van der Waals surface area contributed by atoms with Crippen LogP contribution < -0.4 is 15.4 Å². The molecule has 0 unspecified atom stereocenters. The maximum Gasteiger partial charge on any atom is 0.270 e. The van der Waals surface area contributed by atoms with Crippen LogP contribution in [0.4, 0.5) is 15.9 Å². The van der Waals surface area contributed by atoms with Gasteiger partial charge in [-0.1, -0.05) is 49.5 Å². The second-order valence-corrected chi connectivity index (χ2v) is 10.5. The Hall–Kier alpha value is -3.16. The van der Waals surface area contributed by atoms with Gasteiger partial charge >= 0.3 is 0 Å². The molecule has 0 radical (unpaired) electrons. The molecule has 36 heavy (non-hydrogen) atoms. The first-order valence-corrected chi connectivity index (χ1v) is 13.1. The molecule has 0 saturated carbocycles. The minimum atomic E-state index is -0.380. The molecular formula is C26H28FN5O2S2. The van der Waals surface area contributed by atoms with Crippen molar-refractivity contribution in [2.75, 3.05) is 42.5 Å². The van der Waals surface area contributed by atoms with Gasteiger partial charge in [-0.2, -0.15) is 5.26 Å². The van der Waals surface area contributed by atoms with Gasteiger partial charge in [-0.3, -0.25) is 19.1 Å². The van der Waals surface area contributed by atoms with Crippen LogP contribution in [0.3, 0.4) is 0 Å². The first-order valence-electron chi connectivity index (χ1n) is 11.9. The van der Waals surface area contributed by atoms with Crippen molar-refractivity contribution < 1.29 is 9.18 Å². The molecule has 2 fully saturated rings. The third kappa shape index (κ3) is 4.77. The quantitative estimate of drug-likeness (QED) is 0.417. The number of carbonyl (C=O) groups excluding carboxylic acids is 1. The Morgan fingerprint density at radius 3 is 2.47 bits per heavy atom. The van der Waals surface area contributed by atoms with Gasteiger partial charge in [0.1, 0.15) is 27.6 Å². The number of amides is 1. The number of hydrogen-bond acceptors (Lipinski definition) is 7. The molecule has 1 aromatic carbocycles. The highest BCUT2D eigenvalue weighted by molar-refractivity contribution is 8.26. The fourth-order valence-electron chi connectivity index (χ4n) is 4.60. The summed E-state index contributed by atoms with van der Waals surface area (Å²) in [6.07, 6.45) is 3.57. The minimum absolute atomic E-state index is 0.0546. The molecule has 0 bridgehead atoms. The van der Waals surface area contributed by atoms with E-state index in [1.54, 1.807) is 37.1 Å². The average molecular weight is 526 g/mol. The van der Waals surface area contributed by atoms with Gasteiger partial charge < -0.3 is 9.80 Å². The number of benzene rings is 1. The molecule has 0 spiro atoms. The molecule has 2 aliphatic rings. The summed E-state index contributed by atoms with van der Waals surface area (Å²) in [5.41, 5.74) is 1.42. The summed E-state index contributed by atoms with van der Waals surface area (Å²) in [6, 6.07) is 8.72. The van der Waals surface area contributed by atoms with Crippen LogP contribution in [-0.2, 0) is 11.8 Å². The number of para-hydroxylation sites is 1. The minimum Gasteiger partial charge on any atom is -0.366 e. The van der Waals surface area contributed by atoms with Crippen LogP contribution in [0.15, 0.2) is 34.0 Å². The van der Waals surface area contributed by atoms with Gasteiger partial charge in [-0.15, -0.1) is 0 Å². The highest BCUT2D eigenvalue weighted by Crippen LogP contribution is 2.36. The van der Waals surface area contributed by atoms with Gasteiger partial charge in [0.05, 0.1) is 10.6 Å². The monoisotopic (exact) mass is 525 g/mol. The van der Waals surface area contributed by atoms with Crippen molar-refractivity contribution in [2.24, 2.45) is 7.05 Å². The number of piperazine rings is 1. The molecule has 188 valence electrons. The average Bonchev–Trinajstić information content (AvgIpc) is 3.14. The molecule has 0 aliphatic carbocycles. The molecule has 0 N–H and O–H groups in total. The number of unbranched alkanes of at least 4 members (excludes halogenated alkanes) is 1. The predicted octanol–water partition coefficient (Wildman–Crippen LogP) is 4.03. The van der Waals surface area contributed by atoms with Gasteiger partial charge in [0.25, 0.3) is 11.5 Å². The molecule has 4 rings (SSSR count). The van der Waals surface area contributed by atoms with E-state index in [1.807, 2.05) is 17.0 Å². The van der Waals surface area contributed by atoms with Crippen LogP contribution in [0.5, 0.6) is 0 Å². The molecule has 0 atom stereocenters. The zero-order chi connectivity index (χ0) is 26.0. The van der Waals surface area contributed by atoms with Crippen LogP contribution in [0, 0.1) is 24.1 Å². The lowest BCUT2D eigenvalue weighted by Crippen LogP contribution is -2.48. The molecule has 1 aromatic heterocycles. The maximum atomic E-state index is 14.3. The Labute approximate surface area is 219 Å². The maximum absolute atomic E-state index is 14.3. The number of carbonyl (C=O) groups is 1. The smallest absolute Gasteiger partial charge is 0.270 e. The molecule has 2 saturated heterocycles. The van der Waals surface area contributed by atoms with Crippen molar-refractivity contribution in [1.82, 2.24) is 9.47 Å². The SMILES string of the molecule is CCCCN1C(=O)/C(=C/c2c(C)c(C#N)c(=O)n(C)c2N2CCN(c3ccccc3F)CC2)SC1=S. The van der Waals surface area contributed by atoms with Crippen LogP contribution in [0.25, 0.3) is 6.08 Å². The largest absolute Gasteiger partial charge is 0.366 e. The van der Waals surface area contributed by atoms with E-state index >= 15 is 0 Å². The fraction of sp³-hybridized carbons (Fsp3) is 0.385. The standard InChI is InChI=1S/C26H28FN5O2S2/c1-4-5-10-32-25(34)22(36-26(32)35)15-18-17(2)19(16-28)24(33)29(3)23(18)31-13-11-30(12-14-31)21-9-7-6-8-20(21)27/h6-9,15H,4-5,10-14H2,1-3H3/b22-15-. The number of thiocarbonyl (C=S) groups is 1. The Kier molecular flexibility index (Phi) is 7.81. The summed E-state index contributed by atoms with van der Waals surface area (Å²) in [7, 11) is 1.64. The lowest BCUT2D eigenvalue weighted by molar-refractivity contribution is -0.122. The number of halogens is 1. The van der Waals surface area contributed by atoms with Crippen molar-refractivity contribution in [3.8, 4) is 6.07 Å². The Morgan fingerprint density at radius 1 is 1.17 bits per heavy atom. The first kappa shape index (κ1) is 25.9. The number of pyridine rings is 1. The highest BCUT2D eigenvalue weighted by Gasteiger charge is 2.33. The van der Waals surface area contributed by atoms with E-state index in [0.717, 1.165) is 12.8 Å². The van der Waals surface area contributed by atoms with Gasteiger partial charge in [-0.25, -0.2) is 4.39 Å². The normalized spacial score (nSPS) is 17.3. The second kappa shape index (κ2) is 10.8. The molecule has 7 nitrogen and oxygen atoms in total. The van der Waals surface area contributed by atoms with E-state index in [1.165, 1.54) is 22.4 Å². The summed E-state index contributed by atoms with van der Waals surface area (Å²) < 4.78 is 16.3. The summed E-state index contributed by atoms with van der Waals surface area (Å²) in [5.74, 6) is 0.224. The number of hydrogen-bond donors (Lipinski definition) is 0. The van der Waals surface area contributed by atoms with Crippen LogP contribution in [0.2, 0.25) is 0 Å². The summed E-state index contributed by atoms with van der Waals surface area (Å²) >= 11 is 6.70. The summed E-state index contributed by atoms with van der Waals surface area (Å²) in [4.78, 5) is 32.3. The Morgan fingerprint density at radius 2 is 1.83 bits per heavy atom. The zero-order valence-corrected chi connectivity index (χ0v) is 22.2. The van der Waals surface area contributed by atoms with E-state index in [2.05, 4.69) is 11.8 Å². The molecular weight excluding hydrogens is 497 g/mol. The molecule has 3 heterocycles. The van der Waals surface area contributed by atoms with Gasteiger partial charge in [0.15, 0.2) is 0 Å². The van der Waals surface area contributed by atoms with Crippen molar-refractivity contribution in [3.63, 3.8) is 0 Å². The van der Waals surface area contributed by atoms with E-state index < -0.39 is 0 Å². The van der Waals surface area contributed by atoms with Crippen LogP contribution in [0.1, 0.15) is 36.5 Å². The van der Waals surface area contributed by atoms with Crippen LogP contribution >= 0.6 is 24.0 Å². The third-order valence-corrected chi connectivity index (χ3v) is 8.00. The van der Waals surface area contributed by atoms with Gasteiger partial charge in [-0.05, 0) is 37.1 Å². The van der Waals surface area contributed by atoms with Crippen molar-refractivity contribution in [1.29, 1.82) is 5.26 Å². The summed E-state index contributed by atoms with van der Waals surface area (Å²) in [6.45, 7) is 6.58. The topological polar surface area (TPSA) is 72.6 Å². The Balaban J connectivity index is 1.72. The molecule has 2 aliphatic heterocycles. The van der Waals surface area contributed by atoms with E-state index in [0.29, 0.717) is 64.6 Å². The number of nitriles is 1. The van der Waals surface area contributed by atoms with Crippen molar-refractivity contribution in [2.45, 2.75) is 26.7 Å². The lowest BCUT2D eigenvalue weighted by Gasteiger charge is -2.38. The molecule has 2 aromatic rings. The highest BCUT2D eigenvalue weighted by atomic mass is 32.2. The first-order chi connectivity index (χ1) is 17.3. The van der Waals surface area contributed by atoms with Gasteiger partial charge in [0.2, 0.25) is 0 Å². The van der Waals surface area contributed by atoms with Crippen molar-refractivity contribution in [3.05, 3.63) is 62.0 Å². The third-order valence-electron chi connectivity index (χ3n) is 6.62. The number of nitrogens with zero attached hydrogens (tertiary/aromatic N) is 5. The van der Waals surface area contributed by atoms with Crippen LogP contribution in [-0.4, -0.2) is 52.4 Å². The number of rotatable bonds is 6.